The van der Waals surface area contributed by atoms with Crippen molar-refractivity contribution in [2.45, 2.75) is 13.0 Å². The van der Waals surface area contributed by atoms with Crippen molar-refractivity contribution in [1.29, 1.82) is 0 Å². The second-order valence-electron chi connectivity index (χ2n) is 3.62. The smallest absolute Gasteiger partial charge is 0.213 e. The molecule has 0 amide bonds. The van der Waals surface area contributed by atoms with Crippen LogP contribution in [0.3, 0.4) is 0 Å². The average molecular weight is 278 g/mol. The van der Waals surface area contributed by atoms with Crippen molar-refractivity contribution < 1.29 is 13.2 Å². The highest BCUT2D eigenvalue weighted by atomic mass is 35.5. The molecule has 0 saturated carbocycles. The fraction of sp³-hybridized carbons (Fsp3) is 0.455. The van der Waals surface area contributed by atoms with Gasteiger partial charge in [-0.2, -0.15) is 0 Å². The molecule has 1 aromatic carbocycles. The highest BCUT2D eigenvalue weighted by molar-refractivity contribution is 7.89. The van der Waals surface area contributed by atoms with Crippen LogP contribution < -0.4 is 9.46 Å². The van der Waals surface area contributed by atoms with E-state index in [0.717, 1.165) is 5.56 Å². The van der Waals surface area contributed by atoms with Gasteiger partial charge < -0.3 is 4.74 Å². The van der Waals surface area contributed by atoms with E-state index in [1.165, 1.54) is 0 Å². The molecule has 0 heterocycles. The molecule has 0 spiro atoms. The molecule has 0 radical (unpaired) electrons. The molecule has 1 rings (SSSR count). The normalized spacial score (nSPS) is 13.4. The van der Waals surface area contributed by atoms with E-state index < -0.39 is 10.0 Å². The molecule has 1 atom stereocenters. The van der Waals surface area contributed by atoms with Crippen LogP contribution >= 0.6 is 11.6 Å². The molecule has 4 nitrogen and oxygen atoms in total. The van der Waals surface area contributed by atoms with Crippen LogP contribution in [0.2, 0.25) is 0 Å². The number of sulfonamides is 1. The van der Waals surface area contributed by atoms with Crippen LogP contribution in [0.1, 0.15) is 18.5 Å². The van der Waals surface area contributed by atoms with Crippen molar-refractivity contribution in [3.05, 3.63) is 29.8 Å². The van der Waals surface area contributed by atoms with Gasteiger partial charge in [0, 0.05) is 11.9 Å². The molecule has 0 saturated heterocycles. The van der Waals surface area contributed by atoms with Crippen LogP contribution in [0.25, 0.3) is 0 Å². The van der Waals surface area contributed by atoms with Gasteiger partial charge in [0.1, 0.15) is 5.75 Å². The lowest BCUT2D eigenvalue weighted by Crippen LogP contribution is -2.29. The fourth-order valence-corrected chi connectivity index (χ4v) is 3.01. The Hall–Kier alpha value is -0.780. The van der Waals surface area contributed by atoms with Gasteiger partial charge in [0.15, 0.2) is 0 Å². The summed E-state index contributed by atoms with van der Waals surface area (Å²) >= 11 is 5.42. The quantitative estimate of drug-likeness (QED) is 0.808. The predicted molar refractivity (Wildman–Crippen MR) is 69.1 cm³/mol. The number of ether oxygens (including phenoxy) is 1. The van der Waals surface area contributed by atoms with Crippen molar-refractivity contribution in [3.8, 4) is 5.75 Å². The fourth-order valence-electron chi connectivity index (χ4n) is 1.41. The van der Waals surface area contributed by atoms with Gasteiger partial charge in [-0.1, -0.05) is 12.1 Å². The number of rotatable bonds is 6. The van der Waals surface area contributed by atoms with E-state index in [1.54, 1.807) is 20.1 Å². The first kappa shape index (κ1) is 14.3. The summed E-state index contributed by atoms with van der Waals surface area (Å²) in [5.41, 5.74) is 0.850. The Morgan fingerprint density at radius 2 is 2.18 bits per heavy atom. The lowest BCUT2D eigenvalue weighted by molar-refractivity contribution is 0.413. The Morgan fingerprint density at radius 1 is 1.47 bits per heavy atom. The van der Waals surface area contributed by atoms with Crippen LogP contribution in [0, 0.1) is 0 Å². The summed E-state index contributed by atoms with van der Waals surface area (Å²) in [4.78, 5) is 0. The van der Waals surface area contributed by atoms with Gasteiger partial charge in [-0.05, 0) is 24.6 Å². The molecular formula is C11H16ClNO3S. The Kier molecular flexibility index (Phi) is 5.24. The van der Waals surface area contributed by atoms with Crippen LogP contribution in [0.15, 0.2) is 24.3 Å². The van der Waals surface area contributed by atoms with E-state index in [-0.39, 0.29) is 17.7 Å². The molecule has 0 aliphatic rings. The van der Waals surface area contributed by atoms with E-state index in [1.807, 2.05) is 18.2 Å². The maximum absolute atomic E-state index is 11.5. The summed E-state index contributed by atoms with van der Waals surface area (Å²) < 4.78 is 30.7. The predicted octanol–water partition coefficient (Wildman–Crippen LogP) is 1.91. The molecule has 0 unspecified atom stereocenters. The molecule has 96 valence electrons. The third kappa shape index (κ3) is 4.53. The summed E-state index contributed by atoms with van der Waals surface area (Å²) in [7, 11) is -1.75. The van der Waals surface area contributed by atoms with Crippen molar-refractivity contribution in [2.24, 2.45) is 0 Å². The zero-order chi connectivity index (χ0) is 12.9. The molecule has 1 aromatic rings. The molecule has 17 heavy (non-hydrogen) atoms. The van der Waals surface area contributed by atoms with Crippen molar-refractivity contribution in [2.75, 3.05) is 18.7 Å². The summed E-state index contributed by atoms with van der Waals surface area (Å²) in [6, 6.07) is 6.96. The summed E-state index contributed by atoms with van der Waals surface area (Å²) in [6.07, 6.45) is 0. The zero-order valence-electron chi connectivity index (χ0n) is 9.81. The minimum atomic E-state index is -3.32. The molecule has 0 aromatic heterocycles. The number of halogens is 1. The van der Waals surface area contributed by atoms with Crippen molar-refractivity contribution >= 4 is 21.6 Å². The number of alkyl halides is 1. The van der Waals surface area contributed by atoms with Gasteiger partial charge in [0.2, 0.25) is 10.0 Å². The molecule has 0 bridgehead atoms. The van der Waals surface area contributed by atoms with Crippen molar-refractivity contribution in [3.63, 3.8) is 0 Å². The number of benzene rings is 1. The molecule has 0 fully saturated rings. The van der Waals surface area contributed by atoms with Gasteiger partial charge >= 0.3 is 0 Å². The van der Waals surface area contributed by atoms with Crippen LogP contribution in [0.4, 0.5) is 0 Å². The maximum atomic E-state index is 11.5. The highest BCUT2D eigenvalue weighted by Gasteiger charge is 2.15. The Morgan fingerprint density at radius 3 is 2.76 bits per heavy atom. The monoisotopic (exact) mass is 277 g/mol. The van der Waals surface area contributed by atoms with E-state index in [9.17, 15) is 8.42 Å². The molecule has 1 N–H and O–H groups in total. The lowest BCUT2D eigenvalue weighted by Gasteiger charge is -2.14. The molecule has 0 aliphatic heterocycles. The van der Waals surface area contributed by atoms with Gasteiger partial charge in [-0.3, -0.25) is 0 Å². The third-order valence-corrected chi connectivity index (χ3v) is 4.16. The Labute approximate surface area is 107 Å². The molecule has 0 aliphatic carbocycles. The number of nitrogens with one attached hydrogen (secondary N) is 1. The second-order valence-corrected chi connectivity index (χ2v) is 5.88. The molecular weight excluding hydrogens is 262 g/mol. The number of methoxy groups -OCH3 is 1. The van der Waals surface area contributed by atoms with Crippen LogP contribution in [0.5, 0.6) is 5.75 Å². The first-order valence-corrected chi connectivity index (χ1v) is 7.37. The minimum absolute atomic E-state index is 0.0805. The molecule has 6 heteroatoms. The first-order valence-electron chi connectivity index (χ1n) is 5.18. The largest absolute Gasteiger partial charge is 0.497 e. The van der Waals surface area contributed by atoms with Crippen LogP contribution in [-0.4, -0.2) is 27.2 Å². The van der Waals surface area contributed by atoms with Crippen LogP contribution in [-0.2, 0) is 10.0 Å². The topological polar surface area (TPSA) is 55.4 Å². The number of hydrogen-bond donors (Lipinski definition) is 1. The van der Waals surface area contributed by atoms with Gasteiger partial charge in [-0.15, -0.1) is 11.6 Å². The average Bonchev–Trinajstić information content (AvgIpc) is 2.28. The van der Waals surface area contributed by atoms with Gasteiger partial charge in [0.05, 0.1) is 12.9 Å². The lowest BCUT2D eigenvalue weighted by atomic mass is 10.1. The second kappa shape index (κ2) is 6.23. The maximum Gasteiger partial charge on any atom is 0.213 e. The summed E-state index contributed by atoms with van der Waals surface area (Å²) in [5, 5.41) is 0. The van der Waals surface area contributed by atoms with E-state index in [2.05, 4.69) is 4.72 Å². The first-order chi connectivity index (χ1) is 7.98. The van der Waals surface area contributed by atoms with Gasteiger partial charge in [0.25, 0.3) is 0 Å². The summed E-state index contributed by atoms with van der Waals surface area (Å²) in [5.74, 6) is 0.703. The van der Waals surface area contributed by atoms with Crippen molar-refractivity contribution in [1.82, 2.24) is 4.72 Å². The Balaban J connectivity index is 2.79. The van der Waals surface area contributed by atoms with E-state index in [4.69, 9.17) is 16.3 Å². The standard InChI is InChI=1S/C11H16ClNO3S/c1-9(13-17(14,15)7-6-12)10-4-3-5-11(8-10)16-2/h3-5,8-9,13H,6-7H2,1-2H3/t9-/m1/s1. The highest BCUT2D eigenvalue weighted by Crippen LogP contribution is 2.19. The number of hydrogen-bond acceptors (Lipinski definition) is 3. The minimum Gasteiger partial charge on any atom is -0.497 e. The third-order valence-electron chi connectivity index (χ3n) is 2.30. The Bertz CT molecular complexity index is 462. The van der Waals surface area contributed by atoms with E-state index in [0.29, 0.717) is 5.75 Å². The van der Waals surface area contributed by atoms with Gasteiger partial charge in [-0.25, -0.2) is 13.1 Å². The van der Waals surface area contributed by atoms with E-state index >= 15 is 0 Å². The SMILES string of the molecule is COc1cccc([C@@H](C)NS(=O)(=O)CCCl)c1. The zero-order valence-corrected chi connectivity index (χ0v) is 11.4. The summed E-state index contributed by atoms with van der Waals surface area (Å²) in [6.45, 7) is 1.78.